The highest BCUT2D eigenvalue weighted by atomic mass is 16.2. The molecule has 0 spiro atoms. The summed E-state index contributed by atoms with van der Waals surface area (Å²) < 4.78 is 1.75. The van der Waals surface area contributed by atoms with Crippen molar-refractivity contribution in [1.82, 2.24) is 9.47 Å². The largest absolute Gasteiger partial charge is 0.346 e. The number of rotatable bonds is 2. The zero-order chi connectivity index (χ0) is 13.3. The van der Waals surface area contributed by atoms with Crippen LogP contribution >= 0.6 is 0 Å². The molecule has 0 saturated carbocycles. The maximum Gasteiger partial charge on any atom is 0.270 e. The molecule has 0 bridgehead atoms. The molecule has 2 rings (SSSR count). The Morgan fingerprint density at radius 1 is 1.33 bits per heavy atom. The summed E-state index contributed by atoms with van der Waals surface area (Å²) in [6.45, 7) is 4.43. The van der Waals surface area contributed by atoms with Gasteiger partial charge in [-0.1, -0.05) is 0 Å². The molecular weight excluding hydrogens is 228 g/mol. The van der Waals surface area contributed by atoms with Gasteiger partial charge in [0.1, 0.15) is 5.69 Å². The molecule has 0 radical (unpaired) electrons. The number of carbonyl (C=O) groups is 2. The van der Waals surface area contributed by atoms with Crippen LogP contribution in [0.1, 0.15) is 54.0 Å². The summed E-state index contributed by atoms with van der Waals surface area (Å²) in [5, 5.41) is 0. The molecule has 1 fully saturated rings. The third-order valence-corrected chi connectivity index (χ3v) is 3.69. The second-order valence-electron chi connectivity index (χ2n) is 5.12. The predicted molar refractivity (Wildman–Crippen MR) is 69.8 cm³/mol. The number of aromatic nitrogens is 1. The van der Waals surface area contributed by atoms with Crippen molar-refractivity contribution in [2.24, 2.45) is 7.05 Å². The first kappa shape index (κ1) is 12.9. The standard InChI is InChI=1S/C14H20N2O2/c1-10-6-4-5-7-16(10)14(18)13-8-12(11(2)17)9-15(13)3/h8-10H,4-7H2,1-3H3. The molecule has 1 saturated heterocycles. The van der Waals surface area contributed by atoms with Crippen LogP contribution in [0.3, 0.4) is 0 Å². The molecule has 1 aromatic rings. The lowest BCUT2D eigenvalue weighted by Gasteiger charge is -2.33. The summed E-state index contributed by atoms with van der Waals surface area (Å²) in [6.07, 6.45) is 5.05. The van der Waals surface area contributed by atoms with Crippen LogP contribution in [-0.4, -0.2) is 33.7 Å². The van der Waals surface area contributed by atoms with Crippen LogP contribution in [0.2, 0.25) is 0 Å². The molecule has 1 aliphatic rings. The van der Waals surface area contributed by atoms with Crippen molar-refractivity contribution >= 4 is 11.7 Å². The highest BCUT2D eigenvalue weighted by Crippen LogP contribution is 2.20. The molecule has 1 atom stereocenters. The summed E-state index contributed by atoms with van der Waals surface area (Å²) in [6, 6.07) is 1.99. The third-order valence-electron chi connectivity index (χ3n) is 3.69. The second kappa shape index (κ2) is 4.96. The Labute approximate surface area is 108 Å². The fraction of sp³-hybridized carbons (Fsp3) is 0.571. The van der Waals surface area contributed by atoms with Gasteiger partial charge in [-0.2, -0.15) is 0 Å². The van der Waals surface area contributed by atoms with Crippen LogP contribution < -0.4 is 0 Å². The van der Waals surface area contributed by atoms with Gasteiger partial charge >= 0.3 is 0 Å². The number of Topliss-reactive ketones (excluding diaryl/α,β-unsaturated/α-hetero) is 1. The lowest BCUT2D eigenvalue weighted by Crippen LogP contribution is -2.42. The van der Waals surface area contributed by atoms with E-state index in [-0.39, 0.29) is 11.7 Å². The molecule has 4 nitrogen and oxygen atoms in total. The highest BCUT2D eigenvalue weighted by Gasteiger charge is 2.26. The first-order valence-electron chi connectivity index (χ1n) is 6.49. The quantitative estimate of drug-likeness (QED) is 0.753. The number of amides is 1. The van der Waals surface area contributed by atoms with Gasteiger partial charge < -0.3 is 9.47 Å². The summed E-state index contributed by atoms with van der Waals surface area (Å²) in [4.78, 5) is 25.7. The van der Waals surface area contributed by atoms with Crippen LogP contribution in [0.4, 0.5) is 0 Å². The normalized spacial score (nSPS) is 19.9. The second-order valence-corrected chi connectivity index (χ2v) is 5.12. The smallest absolute Gasteiger partial charge is 0.270 e. The number of aryl methyl sites for hydroxylation is 1. The van der Waals surface area contributed by atoms with E-state index in [1.54, 1.807) is 16.8 Å². The minimum atomic E-state index is -0.00339. The predicted octanol–water partition coefficient (Wildman–Crippen LogP) is 2.24. The van der Waals surface area contributed by atoms with Crippen molar-refractivity contribution in [3.8, 4) is 0 Å². The Morgan fingerprint density at radius 2 is 2.06 bits per heavy atom. The Kier molecular flexibility index (Phi) is 3.55. The topological polar surface area (TPSA) is 42.3 Å². The monoisotopic (exact) mass is 248 g/mol. The van der Waals surface area contributed by atoms with Gasteiger partial charge in [0.15, 0.2) is 5.78 Å². The number of likely N-dealkylation sites (tertiary alicyclic amines) is 1. The number of ketones is 1. The molecule has 1 unspecified atom stereocenters. The molecular formula is C14H20N2O2. The Bertz CT molecular complexity index is 476. The van der Waals surface area contributed by atoms with Crippen LogP contribution in [0, 0.1) is 0 Å². The van der Waals surface area contributed by atoms with E-state index in [9.17, 15) is 9.59 Å². The van der Waals surface area contributed by atoms with Gasteiger partial charge in [-0.05, 0) is 39.2 Å². The van der Waals surface area contributed by atoms with E-state index >= 15 is 0 Å². The van der Waals surface area contributed by atoms with Gasteiger partial charge in [-0.25, -0.2) is 0 Å². The van der Waals surface area contributed by atoms with Gasteiger partial charge in [-0.3, -0.25) is 9.59 Å². The molecule has 0 aliphatic carbocycles. The van der Waals surface area contributed by atoms with Crippen LogP contribution in [-0.2, 0) is 7.05 Å². The van der Waals surface area contributed by atoms with E-state index in [4.69, 9.17) is 0 Å². The highest BCUT2D eigenvalue weighted by molar-refractivity contribution is 5.99. The first-order valence-corrected chi connectivity index (χ1v) is 6.49. The van der Waals surface area contributed by atoms with Crippen molar-refractivity contribution in [3.63, 3.8) is 0 Å². The minimum Gasteiger partial charge on any atom is -0.346 e. The summed E-state index contributed by atoms with van der Waals surface area (Å²) in [5.41, 5.74) is 1.21. The van der Waals surface area contributed by atoms with E-state index in [0.717, 1.165) is 19.4 Å². The Morgan fingerprint density at radius 3 is 2.61 bits per heavy atom. The number of piperidine rings is 1. The van der Waals surface area contributed by atoms with Gasteiger partial charge in [0.2, 0.25) is 0 Å². The summed E-state index contributed by atoms with van der Waals surface area (Å²) in [7, 11) is 1.81. The van der Waals surface area contributed by atoms with Gasteiger partial charge in [0.05, 0.1) is 0 Å². The van der Waals surface area contributed by atoms with Crippen LogP contribution in [0.5, 0.6) is 0 Å². The molecule has 4 heteroatoms. The van der Waals surface area contributed by atoms with Crippen molar-refractivity contribution in [2.45, 2.75) is 39.2 Å². The zero-order valence-electron chi connectivity index (χ0n) is 11.3. The fourth-order valence-electron chi connectivity index (χ4n) is 2.52. The lowest BCUT2D eigenvalue weighted by atomic mass is 10.0. The zero-order valence-corrected chi connectivity index (χ0v) is 11.3. The van der Waals surface area contributed by atoms with Crippen molar-refractivity contribution in [2.75, 3.05) is 6.54 Å². The number of nitrogens with zero attached hydrogens (tertiary/aromatic N) is 2. The third kappa shape index (κ3) is 2.33. The van der Waals surface area contributed by atoms with Crippen LogP contribution in [0.25, 0.3) is 0 Å². The lowest BCUT2D eigenvalue weighted by molar-refractivity contribution is 0.0625. The van der Waals surface area contributed by atoms with E-state index in [2.05, 4.69) is 6.92 Å². The number of carbonyl (C=O) groups excluding carboxylic acids is 2. The number of hydrogen-bond donors (Lipinski definition) is 0. The van der Waals surface area contributed by atoms with E-state index in [1.807, 2.05) is 11.9 Å². The van der Waals surface area contributed by atoms with Crippen molar-refractivity contribution < 1.29 is 9.59 Å². The Hall–Kier alpha value is -1.58. The average Bonchev–Trinajstić information content (AvgIpc) is 2.71. The SMILES string of the molecule is CC(=O)c1cc(C(=O)N2CCCCC2C)n(C)c1. The molecule has 1 aromatic heterocycles. The maximum atomic E-state index is 12.5. The van der Waals surface area contributed by atoms with Gasteiger partial charge in [-0.15, -0.1) is 0 Å². The molecule has 2 heterocycles. The first-order chi connectivity index (χ1) is 8.50. The molecule has 98 valence electrons. The van der Waals surface area contributed by atoms with Crippen molar-refractivity contribution in [1.29, 1.82) is 0 Å². The molecule has 0 aromatic carbocycles. The van der Waals surface area contributed by atoms with Gasteiger partial charge in [0.25, 0.3) is 5.91 Å². The fourth-order valence-corrected chi connectivity index (χ4v) is 2.52. The average molecular weight is 248 g/mol. The van der Waals surface area contributed by atoms with E-state index in [0.29, 0.717) is 17.3 Å². The van der Waals surface area contributed by atoms with E-state index < -0.39 is 0 Å². The maximum absolute atomic E-state index is 12.5. The molecule has 0 N–H and O–H groups in total. The van der Waals surface area contributed by atoms with Crippen molar-refractivity contribution in [3.05, 3.63) is 23.5 Å². The summed E-state index contributed by atoms with van der Waals surface area (Å²) in [5.74, 6) is 0.0357. The van der Waals surface area contributed by atoms with E-state index in [1.165, 1.54) is 13.3 Å². The van der Waals surface area contributed by atoms with Gasteiger partial charge in [0, 0.05) is 31.4 Å². The Balaban J connectivity index is 2.25. The molecule has 18 heavy (non-hydrogen) atoms. The van der Waals surface area contributed by atoms with Crippen LogP contribution in [0.15, 0.2) is 12.3 Å². The summed E-state index contributed by atoms with van der Waals surface area (Å²) >= 11 is 0. The number of hydrogen-bond acceptors (Lipinski definition) is 2. The molecule has 1 amide bonds. The minimum absolute atomic E-state index is 0.00339. The molecule has 1 aliphatic heterocycles.